The molecule has 1 atom stereocenters. The molecule has 0 bridgehead atoms. The van der Waals surface area contributed by atoms with E-state index in [1.807, 2.05) is 13.8 Å². The number of Topliss-reactive ketones (excluding diaryl/α,β-unsaturated/α-hetero) is 1. The number of fused-ring (bicyclic) bond motifs is 1. The van der Waals surface area contributed by atoms with E-state index in [2.05, 4.69) is 10.4 Å². The molecule has 2 heterocycles. The fraction of sp³-hybridized carbons (Fsp3) is 0.429. The summed E-state index contributed by atoms with van der Waals surface area (Å²) in [5.74, 6) is -2.26. The van der Waals surface area contributed by atoms with E-state index in [1.165, 1.54) is 10.7 Å². The van der Waals surface area contributed by atoms with E-state index < -0.39 is 23.7 Å². The number of nitrogens with one attached hydrogen (secondary N) is 1. The van der Waals surface area contributed by atoms with Crippen molar-refractivity contribution in [2.75, 3.05) is 11.9 Å². The van der Waals surface area contributed by atoms with Gasteiger partial charge >= 0.3 is 5.97 Å². The van der Waals surface area contributed by atoms with Crippen LogP contribution >= 0.6 is 0 Å². The average molecular weight is 414 g/mol. The second-order valence-corrected chi connectivity index (χ2v) is 8.63. The first kappa shape index (κ1) is 20.1. The number of nitrogens with zero attached hydrogens (tertiary/aromatic N) is 2. The Morgan fingerprint density at radius 2 is 2.07 bits per heavy atom. The van der Waals surface area contributed by atoms with Gasteiger partial charge in [0.25, 0.3) is 5.91 Å². The monoisotopic (exact) mass is 414 g/mol. The molecular weight excluding hydrogens is 391 g/mol. The first-order valence-electron chi connectivity index (χ1n) is 9.76. The number of esters is 1. The molecule has 1 aliphatic carbocycles. The van der Waals surface area contributed by atoms with Gasteiger partial charge in [-0.05, 0) is 24.8 Å². The van der Waals surface area contributed by atoms with Gasteiger partial charge in [-0.25, -0.2) is 13.9 Å². The number of aromatic nitrogens is 2. The Bertz CT molecular complexity index is 1090. The van der Waals surface area contributed by atoms with Crippen LogP contribution in [0.5, 0.6) is 0 Å². The number of hydrogen-bond acceptors (Lipinski definition) is 6. The molecule has 3 N–H and O–H groups in total. The predicted octanol–water partition coefficient (Wildman–Crippen LogP) is 2.30. The smallest absolute Gasteiger partial charge is 0.328 e. The van der Waals surface area contributed by atoms with Crippen LogP contribution in [0.15, 0.2) is 12.1 Å². The van der Waals surface area contributed by atoms with Crippen molar-refractivity contribution in [1.29, 1.82) is 0 Å². The molecule has 2 aromatic rings. The van der Waals surface area contributed by atoms with Crippen molar-refractivity contribution >= 4 is 23.3 Å². The first-order chi connectivity index (χ1) is 14.1. The van der Waals surface area contributed by atoms with Gasteiger partial charge in [0.2, 0.25) is 0 Å². The Morgan fingerprint density at radius 1 is 1.33 bits per heavy atom. The number of carbonyl (C=O) groups is 3. The van der Waals surface area contributed by atoms with Gasteiger partial charge in [0.1, 0.15) is 11.9 Å². The van der Waals surface area contributed by atoms with Crippen molar-refractivity contribution < 1.29 is 23.5 Å². The van der Waals surface area contributed by atoms with Crippen LogP contribution in [0.2, 0.25) is 0 Å². The van der Waals surface area contributed by atoms with Crippen molar-refractivity contribution in [2.24, 2.45) is 11.1 Å². The number of hydrogen-bond donors (Lipinski definition) is 2. The minimum absolute atomic E-state index is 0.00581. The number of cyclic esters (lactones) is 1. The minimum atomic E-state index is -0.956. The van der Waals surface area contributed by atoms with E-state index in [-0.39, 0.29) is 29.1 Å². The van der Waals surface area contributed by atoms with Gasteiger partial charge in [-0.1, -0.05) is 13.8 Å². The van der Waals surface area contributed by atoms with Crippen molar-refractivity contribution in [2.45, 2.75) is 46.1 Å². The maximum absolute atomic E-state index is 14.9. The van der Waals surface area contributed by atoms with Crippen LogP contribution in [0.1, 0.15) is 58.8 Å². The van der Waals surface area contributed by atoms with E-state index in [1.54, 1.807) is 6.92 Å². The minimum Gasteiger partial charge on any atom is -0.464 e. The average Bonchev–Trinajstić information content (AvgIpc) is 3.16. The summed E-state index contributed by atoms with van der Waals surface area (Å²) < 4.78 is 21.4. The molecule has 0 radical (unpaired) electrons. The summed E-state index contributed by atoms with van der Waals surface area (Å²) in [4.78, 5) is 36.4. The third-order valence-corrected chi connectivity index (χ3v) is 5.55. The van der Waals surface area contributed by atoms with Gasteiger partial charge < -0.3 is 15.8 Å². The molecule has 1 unspecified atom stereocenters. The van der Waals surface area contributed by atoms with Crippen LogP contribution < -0.4 is 11.1 Å². The largest absolute Gasteiger partial charge is 0.464 e. The molecule has 1 fully saturated rings. The molecule has 9 heteroatoms. The lowest BCUT2D eigenvalue weighted by Crippen LogP contribution is -2.28. The molecule has 1 aromatic carbocycles. The molecule has 1 amide bonds. The summed E-state index contributed by atoms with van der Waals surface area (Å²) >= 11 is 0. The van der Waals surface area contributed by atoms with E-state index in [4.69, 9.17) is 10.5 Å². The Hall–Kier alpha value is -3.23. The summed E-state index contributed by atoms with van der Waals surface area (Å²) in [6.45, 7) is 5.98. The van der Waals surface area contributed by atoms with Gasteiger partial charge in [-0.15, -0.1) is 0 Å². The first-order valence-corrected chi connectivity index (χ1v) is 9.76. The lowest BCUT2D eigenvalue weighted by Gasteiger charge is -2.29. The van der Waals surface area contributed by atoms with Crippen LogP contribution in [0.3, 0.4) is 0 Å². The standard InChI is InChI=1S/C21H23FN4O4/c1-10-17-15(8-21(2,3)9-16(17)27)26(25-10)11-6-12(22)18(19(23)28)14(7-11)24-13-4-5-30-20(13)29/h6-7,13,24H,4-5,8-9H2,1-3H3,(H2,23,28). The van der Waals surface area contributed by atoms with Gasteiger partial charge in [0.15, 0.2) is 5.78 Å². The molecule has 2 aliphatic rings. The maximum atomic E-state index is 14.9. The second-order valence-electron chi connectivity index (χ2n) is 8.63. The fourth-order valence-corrected chi connectivity index (χ4v) is 4.25. The SMILES string of the molecule is Cc1nn(-c2cc(F)c(C(N)=O)c(NC3CCOC3=O)c2)c2c1C(=O)CC(C)(C)C2. The molecule has 30 heavy (non-hydrogen) atoms. The predicted molar refractivity (Wildman–Crippen MR) is 106 cm³/mol. The highest BCUT2D eigenvalue weighted by atomic mass is 19.1. The number of aryl methyl sites for hydroxylation is 1. The molecule has 8 nitrogen and oxygen atoms in total. The van der Waals surface area contributed by atoms with E-state index in [0.29, 0.717) is 41.9 Å². The highest BCUT2D eigenvalue weighted by Crippen LogP contribution is 2.37. The van der Waals surface area contributed by atoms with Crippen LogP contribution in [0.4, 0.5) is 10.1 Å². The lowest BCUT2D eigenvalue weighted by molar-refractivity contribution is -0.138. The Kier molecular flexibility index (Phi) is 4.63. The number of benzene rings is 1. The third-order valence-electron chi connectivity index (χ3n) is 5.55. The third kappa shape index (κ3) is 3.34. The Labute approximate surface area is 172 Å². The summed E-state index contributed by atoms with van der Waals surface area (Å²) in [5.41, 5.74) is 7.03. The number of amides is 1. The van der Waals surface area contributed by atoms with Crippen molar-refractivity contribution in [3.8, 4) is 5.69 Å². The van der Waals surface area contributed by atoms with E-state index in [9.17, 15) is 18.8 Å². The van der Waals surface area contributed by atoms with Gasteiger partial charge in [0.05, 0.1) is 40.5 Å². The number of carbonyl (C=O) groups excluding carboxylic acids is 3. The lowest BCUT2D eigenvalue weighted by atomic mass is 9.75. The number of ether oxygens (including phenoxy) is 1. The number of ketones is 1. The fourth-order valence-electron chi connectivity index (χ4n) is 4.25. The zero-order valence-corrected chi connectivity index (χ0v) is 17.0. The molecule has 1 saturated heterocycles. The number of nitrogens with two attached hydrogens (primary N) is 1. The highest BCUT2D eigenvalue weighted by Gasteiger charge is 2.36. The zero-order valence-electron chi connectivity index (χ0n) is 17.0. The van der Waals surface area contributed by atoms with Crippen molar-refractivity contribution in [3.63, 3.8) is 0 Å². The Morgan fingerprint density at radius 3 is 2.70 bits per heavy atom. The molecular formula is C21H23FN4O4. The zero-order chi connectivity index (χ0) is 21.8. The number of halogens is 1. The maximum Gasteiger partial charge on any atom is 0.328 e. The normalized spacial score (nSPS) is 20.1. The number of rotatable bonds is 4. The van der Waals surface area contributed by atoms with Crippen LogP contribution in [0, 0.1) is 18.2 Å². The van der Waals surface area contributed by atoms with Gasteiger partial charge in [-0.2, -0.15) is 5.10 Å². The molecule has 4 rings (SSSR count). The Balaban J connectivity index is 1.85. The second kappa shape index (κ2) is 6.93. The van der Waals surface area contributed by atoms with Crippen LogP contribution in [-0.4, -0.2) is 40.1 Å². The number of anilines is 1. The summed E-state index contributed by atoms with van der Waals surface area (Å²) in [6, 6.07) is 1.98. The molecule has 1 aliphatic heterocycles. The topological polar surface area (TPSA) is 116 Å². The highest BCUT2D eigenvalue weighted by molar-refractivity contribution is 6.01. The van der Waals surface area contributed by atoms with E-state index >= 15 is 0 Å². The van der Waals surface area contributed by atoms with Crippen LogP contribution in [-0.2, 0) is 16.0 Å². The molecule has 1 aromatic heterocycles. The van der Waals surface area contributed by atoms with Gasteiger partial charge in [0, 0.05) is 18.9 Å². The molecule has 0 saturated carbocycles. The van der Waals surface area contributed by atoms with Gasteiger partial charge in [-0.3, -0.25) is 9.59 Å². The summed E-state index contributed by atoms with van der Waals surface area (Å²) in [7, 11) is 0. The molecule has 0 spiro atoms. The van der Waals surface area contributed by atoms with E-state index in [0.717, 1.165) is 6.07 Å². The summed E-state index contributed by atoms with van der Waals surface area (Å²) in [5, 5.41) is 7.36. The van der Waals surface area contributed by atoms with Crippen LogP contribution in [0.25, 0.3) is 5.69 Å². The number of primary amides is 1. The van der Waals surface area contributed by atoms with Crippen molar-refractivity contribution in [3.05, 3.63) is 40.5 Å². The summed E-state index contributed by atoms with van der Waals surface area (Å²) in [6.07, 6.45) is 1.39. The van der Waals surface area contributed by atoms with Crippen molar-refractivity contribution in [1.82, 2.24) is 9.78 Å². The quantitative estimate of drug-likeness (QED) is 0.742. The molecule has 158 valence electrons.